The maximum absolute atomic E-state index is 5.46. The molecule has 2 unspecified atom stereocenters. The van der Waals surface area contributed by atoms with Gasteiger partial charge in [-0.2, -0.15) is 5.10 Å². The van der Waals surface area contributed by atoms with Gasteiger partial charge in [0.15, 0.2) is 0 Å². The molecule has 0 amide bonds. The van der Waals surface area contributed by atoms with E-state index in [2.05, 4.69) is 33.3 Å². The van der Waals surface area contributed by atoms with Crippen molar-refractivity contribution in [2.75, 3.05) is 14.2 Å². The van der Waals surface area contributed by atoms with Crippen molar-refractivity contribution in [1.82, 2.24) is 15.1 Å². The SMILES string of the molecule is CCC(OC)C(NC)c1c(Br)cnn1C. The van der Waals surface area contributed by atoms with Gasteiger partial charge in [0.05, 0.1) is 28.5 Å². The van der Waals surface area contributed by atoms with Crippen molar-refractivity contribution >= 4 is 15.9 Å². The quantitative estimate of drug-likeness (QED) is 0.892. The van der Waals surface area contributed by atoms with Crippen LogP contribution in [0, 0.1) is 0 Å². The highest BCUT2D eigenvalue weighted by atomic mass is 79.9. The molecule has 0 fully saturated rings. The summed E-state index contributed by atoms with van der Waals surface area (Å²) < 4.78 is 8.34. The molecule has 1 heterocycles. The molecule has 0 aliphatic heterocycles. The molecule has 0 spiro atoms. The molecule has 4 nitrogen and oxygen atoms in total. The summed E-state index contributed by atoms with van der Waals surface area (Å²) >= 11 is 3.51. The third kappa shape index (κ3) is 2.59. The van der Waals surface area contributed by atoms with Gasteiger partial charge < -0.3 is 10.1 Å². The second-order valence-electron chi connectivity index (χ2n) is 3.45. The van der Waals surface area contributed by atoms with Crippen LogP contribution in [-0.2, 0) is 11.8 Å². The van der Waals surface area contributed by atoms with Crippen molar-refractivity contribution in [2.45, 2.75) is 25.5 Å². The standard InChI is InChI=1S/C10H18BrN3O/c1-5-8(15-4)9(12-2)10-7(11)6-13-14(10)3/h6,8-9,12H,5H2,1-4H3. The van der Waals surface area contributed by atoms with Gasteiger partial charge in [-0.3, -0.25) is 4.68 Å². The predicted octanol–water partition coefficient (Wildman–Crippen LogP) is 1.87. The number of halogens is 1. The van der Waals surface area contributed by atoms with Crippen molar-refractivity contribution < 1.29 is 4.74 Å². The summed E-state index contributed by atoms with van der Waals surface area (Å²) in [6.45, 7) is 2.11. The lowest BCUT2D eigenvalue weighted by atomic mass is 10.1. The zero-order chi connectivity index (χ0) is 11.4. The van der Waals surface area contributed by atoms with Crippen LogP contribution in [-0.4, -0.2) is 30.0 Å². The normalized spacial score (nSPS) is 15.3. The summed E-state index contributed by atoms with van der Waals surface area (Å²) in [5.41, 5.74) is 1.12. The monoisotopic (exact) mass is 275 g/mol. The Morgan fingerprint density at radius 1 is 1.67 bits per heavy atom. The summed E-state index contributed by atoms with van der Waals surface area (Å²) in [6.07, 6.45) is 2.92. The molecule has 0 radical (unpaired) electrons. The van der Waals surface area contributed by atoms with Gasteiger partial charge in [-0.1, -0.05) is 6.92 Å². The topological polar surface area (TPSA) is 39.1 Å². The number of aromatic nitrogens is 2. The van der Waals surface area contributed by atoms with Crippen LogP contribution in [0.1, 0.15) is 25.1 Å². The zero-order valence-corrected chi connectivity index (χ0v) is 11.2. The number of rotatable bonds is 5. The van der Waals surface area contributed by atoms with Gasteiger partial charge in [0.25, 0.3) is 0 Å². The Labute approximate surface area is 99.1 Å². The molecule has 0 aromatic carbocycles. The first-order chi connectivity index (χ1) is 7.15. The number of ether oxygens (including phenoxy) is 1. The summed E-state index contributed by atoms with van der Waals surface area (Å²) in [7, 11) is 5.61. The molecule has 1 rings (SSSR count). The third-order valence-corrected chi connectivity index (χ3v) is 3.23. The van der Waals surface area contributed by atoms with E-state index in [0.29, 0.717) is 0 Å². The van der Waals surface area contributed by atoms with Crippen LogP contribution in [0.4, 0.5) is 0 Å². The van der Waals surface area contributed by atoms with Gasteiger partial charge in [0, 0.05) is 14.2 Å². The molecule has 0 saturated heterocycles. The maximum Gasteiger partial charge on any atom is 0.0778 e. The first-order valence-corrected chi connectivity index (χ1v) is 5.82. The minimum atomic E-state index is 0.154. The smallest absolute Gasteiger partial charge is 0.0778 e. The lowest BCUT2D eigenvalue weighted by Gasteiger charge is -2.25. The first kappa shape index (κ1) is 12.7. The average molecular weight is 276 g/mol. The van der Waals surface area contributed by atoms with Gasteiger partial charge in [0.1, 0.15) is 0 Å². The highest BCUT2D eigenvalue weighted by molar-refractivity contribution is 9.10. The van der Waals surface area contributed by atoms with E-state index >= 15 is 0 Å². The first-order valence-electron chi connectivity index (χ1n) is 5.03. The van der Waals surface area contributed by atoms with Crippen molar-refractivity contribution in [2.24, 2.45) is 7.05 Å². The number of likely N-dealkylation sites (N-methyl/N-ethyl adjacent to an activating group) is 1. The van der Waals surface area contributed by atoms with Gasteiger partial charge in [-0.15, -0.1) is 0 Å². The van der Waals surface area contributed by atoms with Crippen LogP contribution >= 0.6 is 15.9 Å². The molecule has 5 heteroatoms. The summed E-state index contributed by atoms with van der Waals surface area (Å²) in [5.74, 6) is 0. The number of nitrogens with one attached hydrogen (secondary N) is 1. The zero-order valence-electron chi connectivity index (χ0n) is 9.62. The number of hydrogen-bond acceptors (Lipinski definition) is 3. The van der Waals surface area contributed by atoms with Crippen LogP contribution in [0.15, 0.2) is 10.7 Å². The average Bonchev–Trinajstić information content (AvgIpc) is 2.56. The van der Waals surface area contributed by atoms with Gasteiger partial charge in [-0.25, -0.2) is 0 Å². The molecule has 15 heavy (non-hydrogen) atoms. The second kappa shape index (κ2) is 5.63. The van der Waals surface area contributed by atoms with Crippen LogP contribution in [0.25, 0.3) is 0 Å². The lowest BCUT2D eigenvalue weighted by Crippen LogP contribution is -2.32. The highest BCUT2D eigenvalue weighted by Gasteiger charge is 2.24. The van der Waals surface area contributed by atoms with Crippen LogP contribution < -0.4 is 5.32 Å². The molecular weight excluding hydrogens is 258 g/mol. The minimum absolute atomic E-state index is 0.154. The minimum Gasteiger partial charge on any atom is -0.379 e. The summed E-state index contributed by atoms with van der Waals surface area (Å²) in [5, 5.41) is 7.48. The number of nitrogens with zero attached hydrogens (tertiary/aromatic N) is 2. The van der Waals surface area contributed by atoms with E-state index in [0.717, 1.165) is 16.6 Å². The fourth-order valence-electron chi connectivity index (χ4n) is 1.81. The molecule has 1 aromatic rings. The molecule has 0 saturated carbocycles. The van der Waals surface area contributed by atoms with Crippen LogP contribution in [0.3, 0.4) is 0 Å². The van der Waals surface area contributed by atoms with E-state index in [1.165, 1.54) is 0 Å². The maximum atomic E-state index is 5.46. The van der Waals surface area contributed by atoms with Gasteiger partial charge in [0.2, 0.25) is 0 Å². The number of aryl methyl sites for hydroxylation is 1. The fourth-order valence-corrected chi connectivity index (χ4v) is 2.40. The van der Waals surface area contributed by atoms with E-state index in [4.69, 9.17) is 4.74 Å². The fraction of sp³-hybridized carbons (Fsp3) is 0.700. The number of hydrogen-bond donors (Lipinski definition) is 1. The summed E-state index contributed by atoms with van der Waals surface area (Å²) in [6, 6.07) is 0.155. The highest BCUT2D eigenvalue weighted by Crippen LogP contribution is 2.27. The Morgan fingerprint density at radius 3 is 2.67 bits per heavy atom. The van der Waals surface area contributed by atoms with Gasteiger partial charge in [-0.05, 0) is 29.4 Å². The second-order valence-corrected chi connectivity index (χ2v) is 4.30. The van der Waals surface area contributed by atoms with Gasteiger partial charge >= 0.3 is 0 Å². The Kier molecular flexibility index (Phi) is 4.76. The van der Waals surface area contributed by atoms with E-state index < -0.39 is 0 Å². The number of methoxy groups -OCH3 is 1. The third-order valence-electron chi connectivity index (χ3n) is 2.62. The summed E-state index contributed by atoms with van der Waals surface area (Å²) in [4.78, 5) is 0. The van der Waals surface area contributed by atoms with Crippen molar-refractivity contribution in [3.63, 3.8) is 0 Å². The molecule has 2 atom stereocenters. The lowest BCUT2D eigenvalue weighted by molar-refractivity contribution is 0.0648. The molecule has 0 bridgehead atoms. The molecule has 0 aliphatic rings. The van der Waals surface area contributed by atoms with Crippen LogP contribution in [0.5, 0.6) is 0 Å². The largest absolute Gasteiger partial charge is 0.379 e. The molecule has 0 aliphatic carbocycles. The van der Waals surface area contributed by atoms with E-state index in [9.17, 15) is 0 Å². The molecule has 1 N–H and O–H groups in total. The van der Waals surface area contributed by atoms with E-state index in [-0.39, 0.29) is 12.1 Å². The Bertz CT molecular complexity index is 290. The van der Waals surface area contributed by atoms with Crippen molar-refractivity contribution in [3.05, 3.63) is 16.4 Å². The predicted molar refractivity (Wildman–Crippen MR) is 63.8 cm³/mol. The van der Waals surface area contributed by atoms with Crippen molar-refractivity contribution in [1.29, 1.82) is 0 Å². The Morgan fingerprint density at radius 2 is 2.33 bits per heavy atom. The Hall–Kier alpha value is -0.390. The van der Waals surface area contributed by atoms with Crippen LogP contribution in [0.2, 0.25) is 0 Å². The molecule has 1 aromatic heterocycles. The van der Waals surface area contributed by atoms with E-state index in [1.807, 2.05) is 25.0 Å². The van der Waals surface area contributed by atoms with Crippen molar-refractivity contribution in [3.8, 4) is 0 Å². The Balaban J connectivity index is 3.01. The molecular formula is C10H18BrN3O. The molecule has 86 valence electrons. The van der Waals surface area contributed by atoms with E-state index in [1.54, 1.807) is 7.11 Å².